The molecule has 2 rings (SSSR count). The molecule has 2 aromatic rings. The van der Waals surface area contributed by atoms with E-state index in [0.717, 1.165) is 23.8 Å². The highest BCUT2D eigenvalue weighted by molar-refractivity contribution is 5.24. The van der Waals surface area contributed by atoms with Gasteiger partial charge >= 0.3 is 0 Å². The Morgan fingerprint density at radius 1 is 1.12 bits per heavy atom. The van der Waals surface area contributed by atoms with E-state index in [4.69, 9.17) is 4.74 Å². The van der Waals surface area contributed by atoms with E-state index in [0.29, 0.717) is 0 Å². The maximum absolute atomic E-state index is 12.8. The van der Waals surface area contributed by atoms with Gasteiger partial charge < -0.3 is 4.74 Å². The number of hydrogen-bond donors (Lipinski definition) is 0. The predicted octanol–water partition coefficient (Wildman–Crippen LogP) is 2.94. The van der Waals surface area contributed by atoms with Gasteiger partial charge in [-0.15, -0.1) is 0 Å². The number of benzene rings is 1. The molecule has 0 saturated heterocycles. The number of halogens is 2. The molecular weight excluding hydrogens is 212 g/mol. The van der Waals surface area contributed by atoms with Crippen molar-refractivity contribution >= 4 is 0 Å². The summed E-state index contributed by atoms with van der Waals surface area (Å²) in [5.41, 5.74) is 0.840. The third-order valence-electron chi connectivity index (χ3n) is 1.96. The van der Waals surface area contributed by atoms with Gasteiger partial charge in [-0.1, -0.05) is 6.07 Å². The Hall–Kier alpha value is -1.97. The van der Waals surface area contributed by atoms with Crippen molar-refractivity contribution in [1.82, 2.24) is 4.98 Å². The molecule has 0 aliphatic carbocycles. The summed E-state index contributed by atoms with van der Waals surface area (Å²) in [5, 5.41) is 0. The van der Waals surface area contributed by atoms with Crippen LogP contribution in [0, 0.1) is 11.6 Å². The van der Waals surface area contributed by atoms with Gasteiger partial charge in [-0.3, -0.25) is 4.98 Å². The largest absolute Gasteiger partial charge is 0.489 e. The molecule has 0 N–H and O–H groups in total. The summed E-state index contributed by atoms with van der Waals surface area (Å²) in [6.45, 7) is 0.233. The van der Waals surface area contributed by atoms with Crippen LogP contribution in [0.25, 0.3) is 0 Å². The highest BCUT2D eigenvalue weighted by Gasteiger charge is 2.01. The Morgan fingerprint density at radius 2 is 1.88 bits per heavy atom. The first-order chi connectivity index (χ1) is 7.74. The lowest BCUT2D eigenvalue weighted by Crippen LogP contribution is -1.96. The van der Waals surface area contributed by atoms with Crippen molar-refractivity contribution in [3.63, 3.8) is 0 Å². The molecule has 16 heavy (non-hydrogen) atoms. The fourth-order valence-electron chi connectivity index (χ4n) is 1.26. The topological polar surface area (TPSA) is 22.1 Å². The highest BCUT2D eigenvalue weighted by atomic mass is 19.1. The third kappa shape index (κ3) is 2.76. The Bertz CT molecular complexity index is 453. The quantitative estimate of drug-likeness (QED) is 0.795. The van der Waals surface area contributed by atoms with Crippen LogP contribution in [0.5, 0.6) is 5.75 Å². The van der Waals surface area contributed by atoms with Gasteiger partial charge in [0.1, 0.15) is 24.0 Å². The monoisotopic (exact) mass is 221 g/mol. The Kier molecular flexibility index (Phi) is 3.10. The Balaban J connectivity index is 2.05. The number of pyridine rings is 1. The first-order valence-electron chi connectivity index (χ1n) is 4.72. The van der Waals surface area contributed by atoms with Gasteiger partial charge in [-0.2, -0.15) is 0 Å². The number of hydrogen-bond acceptors (Lipinski definition) is 2. The second kappa shape index (κ2) is 4.70. The number of rotatable bonds is 3. The van der Waals surface area contributed by atoms with Crippen molar-refractivity contribution < 1.29 is 13.5 Å². The molecule has 0 fully saturated rings. The standard InChI is InChI=1S/C12H9F2NO/c13-10-4-11(14)6-12(5-10)16-8-9-2-1-3-15-7-9/h1-7H,8H2. The van der Waals surface area contributed by atoms with Gasteiger partial charge in [0.05, 0.1) is 0 Å². The molecule has 0 spiro atoms. The van der Waals surface area contributed by atoms with Crippen LogP contribution in [-0.4, -0.2) is 4.98 Å². The van der Waals surface area contributed by atoms with Crippen LogP contribution in [0.3, 0.4) is 0 Å². The smallest absolute Gasteiger partial charge is 0.129 e. The summed E-state index contributed by atoms with van der Waals surface area (Å²) in [5.74, 6) is -1.14. The number of ether oxygens (including phenoxy) is 1. The molecule has 82 valence electrons. The SMILES string of the molecule is Fc1cc(F)cc(OCc2cccnc2)c1. The van der Waals surface area contributed by atoms with Crippen molar-refractivity contribution in [2.24, 2.45) is 0 Å². The van der Waals surface area contributed by atoms with Crippen LogP contribution in [0.15, 0.2) is 42.7 Å². The van der Waals surface area contributed by atoms with Crippen LogP contribution in [0.4, 0.5) is 8.78 Å². The van der Waals surface area contributed by atoms with Gasteiger partial charge in [0.15, 0.2) is 0 Å². The molecule has 0 aliphatic heterocycles. The summed E-state index contributed by atoms with van der Waals surface area (Å²) in [6, 6.07) is 6.67. The Labute approximate surface area is 91.5 Å². The molecule has 1 aromatic carbocycles. The van der Waals surface area contributed by atoms with Gasteiger partial charge in [-0.05, 0) is 6.07 Å². The van der Waals surface area contributed by atoms with Gasteiger partial charge in [0, 0.05) is 36.2 Å². The van der Waals surface area contributed by atoms with E-state index in [1.54, 1.807) is 18.5 Å². The summed E-state index contributed by atoms with van der Waals surface area (Å²) >= 11 is 0. The van der Waals surface area contributed by atoms with Crippen LogP contribution < -0.4 is 4.74 Å². The average molecular weight is 221 g/mol. The minimum atomic E-state index is -0.652. The normalized spacial score (nSPS) is 10.1. The van der Waals surface area contributed by atoms with E-state index < -0.39 is 11.6 Å². The van der Waals surface area contributed by atoms with E-state index in [1.807, 2.05) is 6.07 Å². The molecule has 0 atom stereocenters. The summed E-state index contributed by atoms with van der Waals surface area (Å²) in [7, 11) is 0. The zero-order valence-corrected chi connectivity index (χ0v) is 8.36. The van der Waals surface area contributed by atoms with Crippen molar-refractivity contribution in [2.45, 2.75) is 6.61 Å². The Morgan fingerprint density at radius 3 is 2.50 bits per heavy atom. The van der Waals surface area contributed by atoms with Gasteiger partial charge in [0.2, 0.25) is 0 Å². The molecule has 0 bridgehead atoms. The molecule has 0 saturated carbocycles. The van der Waals surface area contributed by atoms with Crippen LogP contribution >= 0.6 is 0 Å². The first-order valence-corrected chi connectivity index (χ1v) is 4.72. The van der Waals surface area contributed by atoms with E-state index in [1.165, 1.54) is 0 Å². The lowest BCUT2D eigenvalue weighted by Gasteiger charge is -2.05. The molecule has 1 heterocycles. The third-order valence-corrected chi connectivity index (χ3v) is 1.96. The molecule has 2 nitrogen and oxygen atoms in total. The summed E-state index contributed by atoms with van der Waals surface area (Å²) in [4.78, 5) is 3.90. The van der Waals surface area contributed by atoms with E-state index in [-0.39, 0.29) is 12.4 Å². The minimum absolute atomic E-state index is 0.168. The second-order valence-corrected chi connectivity index (χ2v) is 3.26. The van der Waals surface area contributed by atoms with Crippen LogP contribution in [-0.2, 0) is 6.61 Å². The van der Waals surface area contributed by atoms with Gasteiger partial charge in [-0.25, -0.2) is 8.78 Å². The van der Waals surface area contributed by atoms with E-state index in [9.17, 15) is 8.78 Å². The number of aromatic nitrogens is 1. The van der Waals surface area contributed by atoms with Gasteiger partial charge in [0.25, 0.3) is 0 Å². The van der Waals surface area contributed by atoms with Crippen molar-refractivity contribution in [3.05, 3.63) is 59.9 Å². The van der Waals surface area contributed by atoms with Crippen molar-refractivity contribution in [3.8, 4) is 5.75 Å². The molecule has 0 aliphatic rings. The fraction of sp³-hybridized carbons (Fsp3) is 0.0833. The molecule has 4 heteroatoms. The van der Waals surface area contributed by atoms with E-state index in [2.05, 4.69) is 4.98 Å². The first kappa shape index (κ1) is 10.5. The van der Waals surface area contributed by atoms with E-state index >= 15 is 0 Å². The van der Waals surface area contributed by atoms with Crippen molar-refractivity contribution in [1.29, 1.82) is 0 Å². The zero-order chi connectivity index (χ0) is 11.4. The molecule has 1 aromatic heterocycles. The fourth-order valence-corrected chi connectivity index (χ4v) is 1.26. The molecule has 0 amide bonds. The molecule has 0 unspecified atom stereocenters. The molecular formula is C12H9F2NO. The maximum Gasteiger partial charge on any atom is 0.129 e. The molecule has 0 radical (unpaired) electrons. The lowest BCUT2D eigenvalue weighted by molar-refractivity contribution is 0.302. The summed E-state index contributed by atoms with van der Waals surface area (Å²) in [6.07, 6.45) is 3.28. The number of nitrogens with zero attached hydrogens (tertiary/aromatic N) is 1. The second-order valence-electron chi connectivity index (χ2n) is 3.26. The average Bonchev–Trinajstić information content (AvgIpc) is 2.27. The van der Waals surface area contributed by atoms with Crippen molar-refractivity contribution in [2.75, 3.05) is 0 Å². The predicted molar refractivity (Wildman–Crippen MR) is 54.9 cm³/mol. The zero-order valence-electron chi connectivity index (χ0n) is 8.36. The van der Waals surface area contributed by atoms with Crippen LogP contribution in [0.1, 0.15) is 5.56 Å². The highest BCUT2D eigenvalue weighted by Crippen LogP contribution is 2.16. The summed E-state index contributed by atoms with van der Waals surface area (Å²) < 4.78 is 30.9. The lowest BCUT2D eigenvalue weighted by atomic mass is 10.3. The minimum Gasteiger partial charge on any atom is -0.489 e. The van der Waals surface area contributed by atoms with Crippen LogP contribution in [0.2, 0.25) is 0 Å². The maximum atomic E-state index is 12.8.